The fraction of sp³-hybridized carbons (Fsp3) is 1.00. The van der Waals surface area contributed by atoms with Gasteiger partial charge in [-0.1, -0.05) is 110 Å². The Bertz CT molecular complexity index is 449. The van der Waals surface area contributed by atoms with Gasteiger partial charge in [0.05, 0.1) is 0 Å². The largest absolute Gasteiger partial charge is 0.486 e. The lowest BCUT2D eigenvalue weighted by Gasteiger charge is -2.33. The van der Waals surface area contributed by atoms with Crippen molar-refractivity contribution in [3.05, 3.63) is 0 Å². The first-order valence-electron chi connectivity index (χ1n) is 13.7. The topological polar surface area (TPSA) is 44.8 Å². The summed E-state index contributed by atoms with van der Waals surface area (Å²) < 4.78 is 30.1. The molecule has 0 aromatic carbocycles. The number of rotatable bonds is 24. The predicted molar refractivity (Wildman–Crippen MR) is 144 cm³/mol. The van der Waals surface area contributed by atoms with E-state index in [0.717, 1.165) is 18.1 Å². The Morgan fingerprint density at radius 3 is 1.44 bits per heavy atom. The van der Waals surface area contributed by atoms with Crippen LogP contribution in [0.25, 0.3) is 0 Å². The Morgan fingerprint density at radius 2 is 1.06 bits per heavy atom. The maximum absolute atomic E-state index is 12.0. The van der Waals surface area contributed by atoms with E-state index in [0.29, 0.717) is 6.61 Å². The van der Waals surface area contributed by atoms with E-state index < -0.39 is 25.8 Å². The van der Waals surface area contributed by atoms with Crippen molar-refractivity contribution in [1.29, 1.82) is 0 Å². The van der Waals surface area contributed by atoms with Crippen LogP contribution in [-0.2, 0) is 17.4 Å². The number of hydrogen-bond donors (Lipinski definition) is 0. The van der Waals surface area contributed by atoms with E-state index in [-0.39, 0.29) is 0 Å². The van der Waals surface area contributed by atoms with Gasteiger partial charge in [0.2, 0.25) is 0 Å². The van der Waals surface area contributed by atoms with Crippen molar-refractivity contribution in [2.45, 2.75) is 148 Å². The molecule has 4 nitrogen and oxygen atoms in total. The predicted octanol–water partition coefficient (Wildman–Crippen LogP) is 8.68. The first-order chi connectivity index (χ1) is 15.3. The number of hydrogen-bond acceptors (Lipinski definition) is 4. The third-order valence-electron chi connectivity index (χ3n) is 6.21. The molecule has 1 atom stereocenters. The van der Waals surface area contributed by atoms with Crippen LogP contribution in [0, 0.1) is 0 Å². The second-order valence-corrected chi connectivity index (χ2v) is 20.1. The minimum Gasteiger partial charge on any atom is -0.416 e. The molecular weight excluding hydrogens is 449 g/mol. The van der Waals surface area contributed by atoms with Gasteiger partial charge in [-0.15, -0.1) is 0 Å². The summed E-state index contributed by atoms with van der Waals surface area (Å²) in [7, 11) is -4.45. The third kappa shape index (κ3) is 19.8. The van der Waals surface area contributed by atoms with E-state index >= 15 is 0 Å². The van der Waals surface area contributed by atoms with E-state index in [2.05, 4.69) is 20.0 Å². The van der Waals surface area contributed by atoms with Crippen molar-refractivity contribution in [3.63, 3.8) is 0 Å². The molecule has 0 aromatic heterocycles. The minimum atomic E-state index is -2.61. The monoisotopic (exact) mass is 504 g/mol. The molecule has 0 saturated carbocycles. The highest BCUT2D eigenvalue weighted by atomic mass is 28.5. The van der Waals surface area contributed by atoms with Gasteiger partial charge in [0.1, 0.15) is 0 Å². The van der Waals surface area contributed by atoms with Crippen LogP contribution < -0.4 is 0 Å². The van der Waals surface area contributed by atoms with Crippen LogP contribution in [0.4, 0.5) is 0 Å². The van der Waals surface area contributed by atoms with Crippen LogP contribution in [0.1, 0.15) is 117 Å². The molecule has 0 aliphatic carbocycles. The van der Waals surface area contributed by atoms with Gasteiger partial charge in [-0.05, 0) is 25.6 Å². The minimum absolute atomic E-state index is 0.711. The summed E-state index contributed by atoms with van der Waals surface area (Å²) in [6.07, 6.45) is 22.0. The van der Waals surface area contributed by atoms with E-state index in [4.69, 9.17) is 13.0 Å². The van der Waals surface area contributed by atoms with Gasteiger partial charge in [-0.2, -0.15) is 0 Å². The fourth-order valence-corrected chi connectivity index (χ4v) is 15.1. The Balaban J connectivity index is 3.60. The Hall–Kier alpha value is 0.331. The molecule has 0 fully saturated rings. The quantitative estimate of drug-likeness (QED) is 0.0973. The van der Waals surface area contributed by atoms with Crippen LogP contribution in [0.15, 0.2) is 0 Å². The van der Waals surface area contributed by atoms with Crippen LogP contribution >= 0.6 is 0 Å². The van der Waals surface area contributed by atoms with Gasteiger partial charge >= 0.3 is 8.80 Å². The molecule has 7 heteroatoms. The second kappa shape index (κ2) is 20.7. The van der Waals surface area contributed by atoms with Crippen molar-refractivity contribution in [2.75, 3.05) is 13.7 Å². The molecule has 0 aromatic rings. The average molecular weight is 505 g/mol. The van der Waals surface area contributed by atoms with Crippen LogP contribution in [0.5, 0.6) is 0 Å². The highest BCUT2D eigenvalue weighted by Crippen LogP contribution is 2.21. The lowest BCUT2D eigenvalue weighted by atomic mass is 10.0. The molecule has 192 valence electrons. The van der Waals surface area contributed by atoms with Crippen LogP contribution in [0.2, 0.25) is 31.4 Å². The van der Waals surface area contributed by atoms with E-state index in [1.807, 2.05) is 13.5 Å². The zero-order chi connectivity index (χ0) is 24.1. The van der Waals surface area contributed by atoms with Crippen molar-refractivity contribution in [3.8, 4) is 0 Å². The summed E-state index contributed by atoms with van der Waals surface area (Å²) in [4.78, 5) is 0. The van der Waals surface area contributed by atoms with Crippen molar-refractivity contribution >= 4 is 25.8 Å². The van der Waals surface area contributed by atoms with Gasteiger partial charge in [-0.3, -0.25) is 0 Å². The maximum atomic E-state index is 12.0. The number of unbranched alkanes of at least 4 members (excludes halogenated alkanes) is 15. The van der Waals surface area contributed by atoms with Crippen LogP contribution in [0.3, 0.4) is 0 Å². The molecule has 0 heterocycles. The molecule has 0 radical (unpaired) electrons. The Morgan fingerprint density at radius 1 is 0.656 bits per heavy atom. The Labute approximate surface area is 204 Å². The van der Waals surface area contributed by atoms with E-state index in [9.17, 15) is 4.46 Å². The standard InChI is InChI=1S/C25H56O4Si3/c1-7-9-10-11-12-13-14-15-16-17-18-19-20-21-22-23-24-28-32(6,27-3)29-31(4,5)25-30(26)8-2/h7-25H2,1-6H3. The summed E-state index contributed by atoms with van der Waals surface area (Å²) in [6.45, 7) is 11.2. The molecular formula is C25H56O4Si3. The molecule has 0 rings (SSSR count). The molecule has 0 aliphatic rings. The van der Waals surface area contributed by atoms with Gasteiger partial charge in [0.15, 0.2) is 8.32 Å². The molecule has 0 aliphatic heterocycles. The third-order valence-corrected chi connectivity index (χ3v) is 17.1. The lowest BCUT2D eigenvalue weighted by molar-refractivity contribution is 0.132. The average Bonchev–Trinajstić information content (AvgIpc) is 2.75. The smallest absolute Gasteiger partial charge is 0.416 e. The highest BCUT2D eigenvalue weighted by molar-refractivity contribution is 6.86. The fourth-order valence-electron chi connectivity index (χ4n) is 4.18. The Kier molecular flexibility index (Phi) is 20.9. The molecule has 0 amide bonds. The van der Waals surface area contributed by atoms with Crippen molar-refractivity contribution in [1.82, 2.24) is 0 Å². The molecule has 0 bridgehead atoms. The first-order valence-corrected chi connectivity index (χ1v) is 20.9. The summed E-state index contributed by atoms with van der Waals surface area (Å²) in [5.74, 6) is 0. The summed E-state index contributed by atoms with van der Waals surface area (Å²) in [5, 5.41) is 0. The molecule has 0 saturated heterocycles. The highest BCUT2D eigenvalue weighted by Gasteiger charge is 2.41. The second-order valence-electron chi connectivity index (χ2n) is 10.1. The lowest BCUT2D eigenvalue weighted by Crippen LogP contribution is -2.51. The van der Waals surface area contributed by atoms with E-state index in [1.165, 1.54) is 96.3 Å². The van der Waals surface area contributed by atoms with Gasteiger partial charge in [0, 0.05) is 25.9 Å². The molecule has 0 N–H and O–H groups in total. The zero-order valence-electron chi connectivity index (χ0n) is 22.6. The zero-order valence-corrected chi connectivity index (χ0v) is 25.6. The van der Waals surface area contributed by atoms with Gasteiger partial charge in [0.25, 0.3) is 8.68 Å². The maximum Gasteiger partial charge on any atom is 0.486 e. The van der Waals surface area contributed by atoms with Gasteiger partial charge in [-0.25, -0.2) is 0 Å². The van der Waals surface area contributed by atoms with Gasteiger partial charge < -0.3 is 17.4 Å². The van der Waals surface area contributed by atoms with Crippen LogP contribution in [-0.4, -0.2) is 39.5 Å². The summed E-state index contributed by atoms with van der Waals surface area (Å²) in [6, 6.07) is 0.760. The first kappa shape index (κ1) is 32.3. The molecule has 1 unspecified atom stereocenters. The SMILES string of the molecule is CCCCCCCCCCCCCCCCCCO[Si](C)(OC)O[Si](C)(C)C[Si](=O)CC. The normalized spacial score (nSPS) is 13.9. The summed E-state index contributed by atoms with van der Waals surface area (Å²) >= 11 is 0. The molecule has 32 heavy (non-hydrogen) atoms. The van der Waals surface area contributed by atoms with Crippen molar-refractivity contribution < 1.29 is 17.4 Å². The molecule has 0 spiro atoms. The van der Waals surface area contributed by atoms with E-state index in [1.54, 1.807) is 7.11 Å². The summed E-state index contributed by atoms with van der Waals surface area (Å²) in [5.41, 5.74) is 0.725. The van der Waals surface area contributed by atoms with Crippen molar-refractivity contribution in [2.24, 2.45) is 0 Å².